The van der Waals surface area contributed by atoms with Crippen molar-refractivity contribution in [2.45, 2.75) is 25.9 Å². The minimum Gasteiger partial charge on any atom is -0.363 e. The molecule has 0 aromatic heterocycles. The smallest absolute Gasteiger partial charge is 0.248 e. The van der Waals surface area contributed by atoms with E-state index in [1.54, 1.807) is 0 Å². The molecule has 2 heterocycles. The van der Waals surface area contributed by atoms with Gasteiger partial charge < -0.3 is 15.0 Å². The number of amides is 1. The van der Waals surface area contributed by atoms with Crippen LogP contribution in [0.5, 0.6) is 0 Å². The van der Waals surface area contributed by atoms with Gasteiger partial charge in [-0.25, -0.2) is 0 Å². The van der Waals surface area contributed by atoms with Crippen LogP contribution in [0.4, 0.5) is 0 Å². The molecule has 0 spiro atoms. The first-order chi connectivity index (χ1) is 7.59. The molecule has 4 heteroatoms. The van der Waals surface area contributed by atoms with E-state index >= 15 is 0 Å². The van der Waals surface area contributed by atoms with Gasteiger partial charge in [-0.15, -0.1) is 0 Å². The minimum atomic E-state index is -0.129. The summed E-state index contributed by atoms with van der Waals surface area (Å²) in [6.45, 7) is 7.60. The van der Waals surface area contributed by atoms with Gasteiger partial charge in [-0.2, -0.15) is 0 Å². The third-order valence-electron chi connectivity index (χ3n) is 3.23. The topological polar surface area (TPSA) is 41.6 Å². The van der Waals surface area contributed by atoms with Crippen molar-refractivity contribution in [2.24, 2.45) is 0 Å². The highest BCUT2D eigenvalue weighted by molar-refractivity contribution is 5.78. The van der Waals surface area contributed by atoms with Gasteiger partial charge >= 0.3 is 0 Å². The number of hydrogen-bond acceptors (Lipinski definition) is 3. The number of carbonyl (C=O) groups is 1. The molecule has 0 saturated carbocycles. The summed E-state index contributed by atoms with van der Waals surface area (Å²) in [6, 6.07) is 0. The predicted molar refractivity (Wildman–Crippen MR) is 62.2 cm³/mol. The Bertz CT molecular complexity index is 308. The molecule has 1 saturated heterocycles. The van der Waals surface area contributed by atoms with Crippen LogP contribution in [0.3, 0.4) is 0 Å². The van der Waals surface area contributed by atoms with E-state index in [2.05, 4.69) is 18.3 Å². The van der Waals surface area contributed by atoms with Gasteiger partial charge in [0.05, 0.1) is 5.60 Å². The quantitative estimate of drug-likeness (QED) is 0.712. The first kappa shape index (κ1) is 11.6. The van der Waals surface area contributed by atoms with Crippen LogP contribution in [-0.2, 0) is 9.53 Å². The summed E-state index contributed by atoms with van der Waals surface area (Å²) in [5.41, 5.74) is 1.15. The Labute approximate surface area is 96.6 Å². The van der Waals surface area contributed by atoms with Gasteiger partial charge in [0.2, 0.25) is 5.91 Å². The molecule has 2 aliphatic heterocycles. The van der Waals surface area contributed by atoms with Crippen LogP contribution < -0.4 is 5.32 Å². The average molecular weight is 224 g/mol. The second kappa shape index (κ2) is 4.55. The van der Waals surface area contributed by atoms with Crippen molar-refractivity contribution in [1.82, 2.24) is 10.2 Å². The van der Waals surface area contributed by atoms with E-state index in [0.717, 1.165) is 32.6 Å². The lowest BCUT2D eigenvalue weighted by Gasteiger charge is -2.39. The van der Waals surface area contributed by atoms with Gasteiger partial charge in [0.1, 0.15) is 6.61 Å². The highest BCUT2D eigenvalue weighted by atomic mass is 16.5. The molecule has 0 aromatic rings. The molecule has 2 rings (SSSR count). The zero-order valence-corrected chi connectivity index (χ0v) is 10.1. The van der Waals surface area contributed by atoms with E-state index < -0.39 is 0 Å². The third kappa shape index (κ3) is 2.62. The van der Waals surface area contributed by atoms with Crippen molar-refractivity contribution in [3.05, 3.63) is 11.6 Å². The van der Waals surface area contributed by atoms with Gasteiger partial charge in [0, 0.05) is 26.2 Å². The molecule has 0 aromatic carbocycles. The lowest BCUT2D eigenvalue weighted by molar-refractivity contribution is -0.145. The summed E-state index contributed by atoms with van der Waals surface area (Å²) < 4.78 is 5.64. The maximum atomic E-state index is 11.9. The number of rotatable bonds is 3. The second-order valence-electron chi connectivity index (χ2n) is 5.00. The lowest BCUT2D eigenvalue weighted by Crippen LogP contribution is -2.59. The molecule has 16 heavy (non-hydrogen) atoms. The molecule has 0 aliphatic carbocycles. The monoisotopic (exact) mass is 224 g/mol. The molecule has 0 bridgehead atoms. The van der Waals surface area contributed by atoms with Crippen molar-refractivity contribution in [1.29, 1.82) is 0 Å². The SMILES string of the molecule is CC1=CCCN(C(=O)COC2(C)CNC2)C1. The lowest BCUT2D eigenvalue weighted by atomic mass is 10.0. The summed E-state index contributed by atoms with van der Waals surface area (Å²) in [4.78, 5) is 13.8. The molecule has 0 atom stereocenters. The maximum Gasteiger partial charge on any atom is 0.248 e. The summed E-state index contributed by atoms with van der Waals surface area (Å²) in [5.74, 6) is 0.112. The third-order valence-corrected chi connectivity index (χ3v) is 3.23. The van der Waals surface area contributed by atoms with Gasteiger partial charge in [-0.05, 0) is 20.3 Å². The van der Waals surface area contributed by atoms with Crippen LogP contribution in [0.25, 0.3) is 0 Å². The van der Waals surface area contributed by atoms with Crippen LogP contribution in [0.1, 0.15) is 20.3 Å². The Hall–Kier alpha value is -0.870. The van der Waals surface area contributed by atoms with E-state index in [4.69, 9.17) is 4.74 Å². The summed E-state index contributed by atoms with van der Waals surface area (Å²) in [6.07, 6.45) is 3.16. The maximum absolute atomic E-state index is 11.9. The largest absolute Gasteiger partial charge is 0.363 e. The van der Waals surface area contributed by atoms with Crippen LogP contribution in [-0.4, -0.2) is 49.2 Å². The molecule has 0 unspecified atom stereocenters. The molecule has 2 aliphatic rings. The highest BCUT2D eigenvalue weighted by Gasteiger charge is 2.33. The standard InChI is InChI=1S/C12H20N2O2/c1-10-4-3-5-14(6-10)11(15)7-16-12(2)8-13-9-12/h4,13H,3,5-9H2,1-2H3. The number of ether oxygens (including phenoxy) is 1. The van der Waals surface area contributed by atoms with Gasteiger partial charge in [-0.3, -0.25) is 4.79 Å². The molecule has 1 fully saturated rings. The molecule has 1 N–H and O–H groups in total. The fraction of sp³-hybridized carbons (Fsp3) is 0.750. The zero-order chi connectivity index (χ0) is 11.6. The van der Waals surface area contributed by atoms with Gasteiger partial charge in [0.15, 0.2) is 0 Å². The van der Waals surface area contributed by atoms with E-state index in [0.29, 0.717) is 0 Å². The van der Waals surface area contributed by atoms with Crippen LogP contribution in [0.15, 0.2) is 11.6 Å². The molecular weight excluding hydrogens is 204 g/mol. The Balaban J connectivity index is 1.77. The first-order valence-electron chi connectivity index (χ1n) is 5.87. The van der Waals surface area contributed by atoms with Crippen molar-refractivity contribution in [3.63, 3.8) is 0 Å². The first-order valence-corrected chi connectivity index (χ1v) is 5.87. The predicted octanol–water partition coefficient (Wildman–Crippen LogP) is 0.544. The van der Waals surface area contributed by atoms with Crippen molar-refractivity contribution < 1.29 is 9.53 Å². The summed E-state index contributed by atoms with van der Waals surface area (Å²) in [7, 11) is 0. The molecule has 90 valence electrons. The summed E-state index contributed by atoms with van der Waals surface area (Å²) >= 11 is 0. The van der Waals surface area contributed by atoms with E-state index in [9.17, 15) is 4.79 Å². The Morgan fingerprint density at radius 3 is 2.94 bits per heavy atom. The number of carbonyl (C=O) groups excluding carboxylic acids is 1. The molecular formula is C12H20N2O2. The molecule has 4 nitrogen and oxygen atoms in total. The van der Waals surface area contributed by atoms with Crippen molar-refractivity contribution in [3.8, 4) is 0 Å². The van der Waals surface area contributed by atoms with Gasteiger partial charge in [0.25, 0.3) is 0 Å². The normalized spacial score (nSPS) is 23.6. The fourth-order valence-electron chi connectivity index (χ4n) is 2.03. The van der Waals surface area contributed by atoms with E-state index in [1.165, 1.54) is 5.57 Å². The zero-order valence-electron chi connectivity index (χ0n) is 10.1. The van der Waals surface area contributed by atoms with Gasteiger partial charge in [-0.1, -0.05) is 11.6 Å². The fourth-order valence-corrected chi connectivity index (χ4v) is 2.03. The van der Waals surface area contributed by atoms with Crippen molar-refractivity contribution >= 4 is 5.91 Å². The Morgan fingerprint density at radius 2 is 2.38 bits per heavy atom. The van der Waals surface area contributed by atoms with E-state index in [1.807, 2.05) is 11.8 Å². The summed E-state index contributed by atoms with van der Waals surface area (Å²) in [5, 5.41) is 3.15. The van der Waals surface area contributed by atoms with Crippen LogP contribution in [0.2, 0.25) is 0 Å². The minimum absolute atomic E-state index is 0.112. The Morgan fingerprint density at radius 1 is 1.62 bits per heavy atom. The number of nitrogens with zero attached hydrogens (tertiary/aromatic N) is 1. The van der Waals surface area contributed by atoms with Crippen molar-refractivity contribution in [2.75, 3.05) is 32.8 Å². The highest BCUT2D eigenvalue weighted by Crippen LogP contribution is 2.16. The second-order valence-corrected chi connectivity index (χ2v) is 5.00. The number of nitrogens with one attached hydrogen (secondary N) is 1. The average Bonchev–Trinajstić information content (AvgIpc) is 2.23. The Kier molecular flexibility index (Phi) is 3.30. The number of hydrogen-bond donors (Lipinski definition) is 1. The molecule has 0 radical (unpaired) electrons. The van der Waals surface area contributed by atoms with Crippen LogP contribution >= 0.6 is 0 Å². The van der Waals surface area contributed by atoms with Crippen LogP contribution in [0, 0.1) is 0 Å². The van der Waals surface area contributed by atoms with E-state index in [-0.39, 0.29) is 18.1 Å². The molecule has 1 amide bonds.